The fraction of sp³-hybridized carbons (Fsp3) is 1.00. The van der Waals surface area contributed by atoms with E-state index in [-0.39, 0.29) is 12.0 Å². The zero-order valence-electron chi connectivity index (χ0n) is 12.9. The van der Waals surface area contributed by atoms with Crippen LogP contribution in [0.3, 0.4) is 0 Å². The molecule has 4 unspecified atom stereocenters. The topological polar surface area (TPSA) is 41.5 Å². The van der Waals surface area contributed by atoms with Gasteiger partial charge in [0.2, 0.25) is 0 Å². The van der Waals surface area contributed by atoms with Gasteiger partial charge in [-0.15, -0.1) is 0 Å². The average Bonchev–Trinajstić information content (AvgIpc) is 2.30. The molecular formula is C15H31NO2. The highest BCUT2D eigenvalue weighted by atomic mass is 16.5. The molecular weight excluding hydrogens is 226 g/mol. The van der Waals surface area contributed by atoms with Crippen LogP contribution < -0.4 is 5.32 Å². The Labute approximate surface area is 112 Å². The van der Waals surface area contributed by atoms with Gasteiger partial charge in [-0.1, -0.05) is 34.6 Å². The standard InChI is InChI=1S/C15H31NO2/c1-10(2)9-18-14-7-13(15(14,5)6)16-12(4)11(3)8-17/h10-14,16-17H,7-9H2,1-6H3. The first-order valence-corrected chi connectivity index (χ1v) is 7.27. The van der Waals surface area contributed by atoms with Crippen LogP contribution in [0, 0.1) is 17.3 Å². The molecule has 0 aromatic rings. The third-order valence-corrected chi connectivity index (χ3v) is 4.41. The Balaban J connectivity index is 2.39. The van der Waals surface area contributed by atoms with Crippen LogP contribution in [0.5, 0.6) is 0 Å². The Morgan fingerprint density at radius 3 is 2.33 bits per heavy atom. The molecule has 3 nitrogen and oxygen atoms in total. The highest BCUT2D eigenvalue weighted by Gasteiger charge is 2.49. The predicted octanol–water partition coefficient (Wildman–Crippen LogP) is 2.43. The molecule has 4 atom stereocenters. The van der Waals surface area contributed by atoms with Crippen LogP contribution in [-0.2, 0) is 4.74 Å². The van der Waals surface area contributed by atoms with E-state index in [9.17, 15) is 5.11 Å². The van der Waals surface area contributed by atoms with Crippen molar-refractivity contribution in [2.45, 2.75) is 66.2 Å². The van der Waals surface area contributed by atoms with E-state index in [2.05, 4.69) is 46.9 Å². The van der Waals surface area contributed by atoms with Crippen molar-refractivity contribution >= 4 is 0 Å². The molecule has 0 saturated heterocycles. The summed E-state index contributed by atoms with van der Waals surface area (Å²) in [6.07, 6.45) is 1.45. The van der Waals surface area contributed by atoms with Crippen LogP contribution in [-0.4, -0.2) is 36.5 Å². The molecule has 0 spiro atoms. The fourth-order valence-electron chi connectivity index (χ4n) is 2.40. The van der Waals surface area contributed by atoms with E-state index < -0.39 is 0 Å². The molecule has 3 heteroatoms. The minimum atomic E-state index is 0.193. The van der Waals surface area contributed by atoms with Crippen LogP contribution in [0.1, 0.15) is 48.0 Å². The highest BCUT2D eigenvalue weighted by molar-refractivity contribution is 5.03. The van der Waals surface area contributed by atoms with Crippen LogP contribution in [0.4, 0.5) is 0 Å². The molecule has 0 bridgehead atoms. The van der Waals surface area contributed by atoms with E-state index >= 15 is 0 Å². The van der Waals surface area contributed by atoms with Gasteiger partial charge < -0.3 is 15.2 Å². The average molecular weight is 257 g/mol. The maximum atomic E-state index is 9.17. The number of ether oxygens (including phenoxy) is 1. The number of aliphatic hydroxyl groups excluding tert-OH is 1. The molecule has 0 aromatic carbocycles. The van der Waals surface area contributed by atoms with Gasteiger partial charge in [0.15, 0.2) is 0 Å². The second-order valence-electron chi connectivity index (χ2n) is 6.94. The van der Waals surface area contributed by atoms with E-state index in [0.29, 0.717) is 30.0 Å². The molecule has 1 aliphatic carbocycles. The van der Waals surface area contributed by atoms with E-state index in [1.165, 1.54) is 0 Å². The normalized spacial score (nSPS) is 30.0. The second kappa shape index (κ2) is 6.36. The first kappa shape index (κ1) is 15.9. The van der Waals surface area contributed by atoms with Crippen LogP contribution in [0.25, 0.3) is 0 Å². The van der Waals surface area contributed by atoms with Crippen molar-refractivity contribution in [1.82, 2.24) is 5.32 Å². The van der Waals surface area contributed by atoms with Gasteiger partial charge in [-0.3, -0.25) is 0 Å². The van der Waals surface area contributed by atoms with Crippen molar-refractivity contribution in [3.8, 4) is 0 Å². The first-order chi connectivity index (χ1) is 8.28. The maximum absolute atomic E-state index is 9.17. The Hall–Kier alpha value is -0.120. The highest BCUT2D eigenvalue weighted by Crippen LogP contribution is 2.43. The summed E-state index contributed by atoms with van der Waals surface area (Å²) in [5.74, 6) is 0.901. The minimum absolute atomic E-state index is 0.193. The molecule has 0 amide bonds. The summed E-state index contributed by atoms with van der Waals surface area (Å²) in [4.78, 5) is 0. The molecule has 0 aliphatic heterocycles. The van der Waals surface area contributed by atoms with Gasteiger partial charge in [0, 0.05) is 30.7 Å². The van der Waals surface area contributed by atoms with Crippen molar-refractivity contribution in [2.24, 2.45) is 17.3 Å². The van der Waals surface area contributed by atoms with Crippen molar-refractivity contribution in [3.05, 3.63) is 0 Å². The number of hydrogen-bond donors (Lipinski definition) is 2. The van der Waals surface area contributed by atoms with Gasteiger partial charge in [-0.2, -0.15) is 0 Å². The van der Waals surface area contributed by atoms with Crippen molar-refractivity contribution in [2.75, 3.05) is 13.2 Å². The van der Waals surface area contributed by atoms with Crippen molar-refractivity contribution in [1.29, 1.82) is 0 Å². The number of nitrogens with one attached hydrogen (secondary N) is 1. The molecule has 18 heavy (non-hydrogen) atoms. The van der Waals surface area contributed by atoms with E-state index in [1.54, 1.807) is 0 Å². The Kier molecular flexibility index (Phi) is 5.63. The van der Waals surface area contributed by atoms with Crippen LogP contribution in [0.2, 0.25) is 0 Å². The molecule has 2 N–H and O–H groups in total. The monoisotopic (exact) mass is 257 g/mol. The van der Waals surface area contributed by atoms with Crippen molar-refractivity contribution in [3.63, 3.8) is 0 Å². The van der Waals surface area contributed by atoms with Crippen LogP contribution in [0.15, 0.2) is 0 Å². The van der Waals surface area contributed by atoms with Gasteiger partial charge in [-0.25, -0.2) is 0 Å². The summed E-state index contributed by atoms with van der Waals surface area (Å²) >= 11 is 0. The summed E-state index contributed by atoms with van der Waals surface area (Å²) in [7, 11) is 0. The Morgan fingerprint density at radius 2 is 1.89 bits per heavy atom. The summed E-state index contributed by atoms with van der Waals surface area (Å²) in [5, 5.41) is 12.8. The van der Waals surface area contributed by atoms with Gasteiger partial charge in [0.1, 0.15) is 0 Å². The molecule has 0 heterocycles. The van der Waals surface area contributed by atoms with Crippen molar-refractivity contribution < 1.29 is 9.84 Å². The summed E-state index contributed by atoms with van der Waals surface area (Å²) in [5.41, 5.74) is 0.193. The lowest BCUT2D eigenvalue weighted by Crippen LogP contribution is -2.63. The zero-order valence-corrected chi connectivity index (χ0v) is 12.9. The third kappa shape index (κ3) is 3.69. The summed E-state index contributed by atoms with van der Waals surface area (Å²) in [6.45, 7) is 14.2. The number of aliphatic hydroxyl groups is 1. The molecule has 108 valence electrons. The zero-order chi connectivity index (χ0) is 13.9. The summed E-state index contributed by atoms with van der Waals surface area (Å²) < 4.78 is 5.96. The maximum Gasteiger partial charge on any atom is 0.0656 e. The lowest BCUT2D eigenvalue weighted by molar-refractivity contribution is -0.126. The minimum Gasteiger partial charge on any atom is -0.396 e. The first-order valence-electron chi connectivity index (χ1n) is 7.27. The molecule has 1 rings (SSSR count). The largest absolute Gasteiger partial charge is 0.396 e. The lowest BCUT2D eigenvalue weighted by atomic mass is 9.64. The van der Waals surface area contributed by atoms with E-state index in [4.69, 9.17) is 4.74 Å². The molecule has 1 aliphatic rings. The Bertz CT molecular complexity index is 253. The van der Waals surface area contributed by atoms with Gasteiger partial charge in [-0.05, 0) is 25.2 Å². The molecule has 0 radical (unpaired) electrons. The predicted molar refractivity (Wildman–Crippen MR) is 75.6 cm³/mol. The fourth-order valence-corrected chi connectivity index (χ4v) is 2.40. The molecule has 1 fully saturated rings. The van der Waals surface area contributed by atoms with E-state index in [1.807, 2.05) is 0 Å². The van der Waals surface area contributed by atoms with Gasteiger partial charge in [0.25, 0.3) is 0 Å². The number of rotatable bonds is 7. The SMILES string of the molecule is CC(C)COC1CC(NC(C)C(C)CO)C1(C)C. The Morgan fingerprint density at radius 1 is 1.28 bits per heavy atom. The molecule has 0 aromatic heterocycles. The molecule has 1 saturated carbocycles. The van der Waals surface area contributed by atoms with Crippen LogP contribution >= 0.6 is 0 Å². The second-order valence-corrected chi connectivity index (χ2v) is 6.94. The smallest absolute Gasteiger partial charge is 0.0656 e. The lowest BCUT2D eigenvalue weighted by Gasteiger charge is -2.53. The van der Waals surface area contributed by atoms with E-state index in [0.717, 1.165) is 13.0 Å². The van der Waals surface area contributed by atoms with Gasteiger partial charge in [0.05, 0.1) is 6.10 Å². The third-order valence-electron chi connectivity index (χ3n) is 4.41. The van der Waals surface area contributed by atoms with Gasteiger partial charge >= 0.3 is 0 Å². The number of hydrogen-bond acceptors (Lipinski definition) is 3. The quantitative estimate of drug-likeness (QED) is 0.736. The summed E-state index contributed by atoms with van der Waals surface area (Å²) in [6, 6.07) is 0.851.